The number of ether oxygens (including phenoxy) is 1. The highest BCUT2D eigenvalue weighted by Crippen LogP contribution is 2.25. The molecule has 108 valence electrons. The van der Waals surface area contributed by atoms with Gasteiger partial charge < -0.3 is 15.2 Å². The fourth-order valence-corrected chi connectivity index (χ4v) is 2.48. The largest absolute Gasteiger partial charge is 0.484 e. The number of amides is 1. The van der Waals surface area contributed by atoms with Crippen LogP contribution < -0.4 is 10.1 Å². The van der Waals surface area contributed by atoms with Gasteiger partial charge in [-0.1, -0.05) is 18.0 Å². The smallest absolute Gasteiger partial charge is 0.308 e. The fourth-order valence-electron chi connectivity index (χ4n) is 2.36. The predicted molar refractivity (Wildman–Crippen MR) is 73.9 cm³/mol. The summed E-state index contributed by atoms with van der Waals surface area (Å²) in [6.07, 6.45) is 2.13. The monoisotopic (exact) mass is 297 g/mol. The first kappa shape index (κ1) is 14.7. The zero-order valence-corrected chi connectivity index (χ0v) is 11.6. The van der Waals surface area contributed by atoms with Crippen molar-refractivity contribution in [2.75, 3.05) is 6.61 Å². The van der Waals surface area contributed by atoms with E-state index in [2.05, 4.69) is 5.32 Å². The molecule has 1 saturated carbocycles. The Morgan fingerprint density at radius 2 is 2.00 bits per heavy atom. The van der Waals surface area contributed by atoms with Crippen LogP contribution >= 0.6 is 11.6 Å². The molecule has 0 aromatic heterocycles. The summed E-state index contributed by atoms with van der Waals surface area (Å²) in [7, 11) is 0. The van der Waals surface area contributed by atoms with Gasteiger partial charge in [0.05, 0.1) is 5.92 Å². The van der Waals surface area contributed by atoms with Crippen LogP contribution in [0.1, 0.15) is 19.3 Å². The van der Waals surface area contributed by atoms with Gasteiger partial charge in [0.1, 0.15) is 5.75 Å². The second-order valence-electron chi connectivity index (χ2n) is 4.79. The Labute approximate surface area is 121 Å². The quantitative estimate of drug-likeness (QED) is 0.872. The Kier molecular flexibility index (Phi) is 4.84. The number of carbonyl (C=O) groups is 2. The molecule has 1 aliphatic carbocycles. The third-order valence-corrected chi connectivity index (χ3v) is 3.62. The van der Waals surface area contributed by atoms with Gasteiger partial charge in [0.25, 0.3) is 5.91 Å². The Morgan fingerprint density at radius 1 is 1.30 bits per heavy atom. The highest BCUT2D eigenvalue weighted by Gasteiger charge is 2.33. The lowest BCUT2D eigenvalue weighted by Gasteiger charge is -2.17. The molecule has 0 heterocycles. The van der Waals surface area contributed by atoms with Crippen molar-refractivity contribution >= 4 is 23.5 Å². The van der Waals surface area contributed by atoms with Crippen molar-refractivity contribution in [1.29, 1.82) is 0 Å². The average molecular weight is 298 g/mol. The molecular weight excluding hydrogens is 282 g/mol. The molecule has 2 unspecified atom stereocenters. The number of benzene rings is 1. The van der Waals surface area contributed by atoms with Gasteiger partial charge in [-0.3, -0.25) is 9.59 Å². The van der Waals surface area contributed by atoms with Gasteiger partial charge in [-0.2, -0.15) is 0 Å². The van der Waals surface area contributed by atoms with Crippen molar-refractivity contribution < 1.29 is 19.4 Å². The summed E-state index contributed by atoms with van der Waals surface area (Å²) in [4.78, 5) is 22.8. The minimum absolute atomic E-state index is 0.134. The maximum atomic E-state index is 11.8. The number of hydrogen-bond acceptors (Lipinski definition) is 3. The van der Waals surface area contributed by atoms with Crippen LogP contribution in [0, 0.1) is 5.92 Å². The van der Waals surface area contributed by atoms with E-state index >= 15 is 0 Å². The number of halogens is 1. The van der Waals surface area contributed by atoms with E-state index in [1.807, 2.05) is 0 Å². The van der Waals surface area contributed by atoms with Gasteiger partial charge in [-0.15, -0.1) is 0 Å². The molecule has 1 aromatic carbocycles. The van der Waals surface area contributed by atoms with Crippen LogP contribution in [0.2, 0.25) is 5.02 Å². The van der Waals surface area contributed by atoms with Crippen LogP contribution in [-0.4, -0.2) is 29.6 Å². The summed E-state index contributed by atoms with van der Waals surface area (Å²) in [5.74, 6) is -1.11. The normalized spacial score (nSPS) is 21.4. The molecule has 2 atom stereocenters. The first-order valence-electron chi connectivity index (χ1n) is 6.47. The summed E-state index contributed by atoms with van der Waals surface area (Å²) < 4.78 is 5.31. The van der Waals surface area contributed by atoms with Crippen LogP contribution in [0.5, 0.6) is 5.75 Å². The van der Waals surface area contributed by atoms with Crippen LogP contribution in [0.4, 0.5) is 0 Å². The van der Waals surface area contributed by atoms with Crippen LogP contribution in [0.15, 0.2) is 24.3 Å². The molecule has 0 bridgehead atoms. The zero-order valence-electron chi connectivity index (χ0n) is 10.8. The molecule has 1 aromatic rings. The van der Waals surface area contributed by atoms with E-state index in [0.717, 1.165) is 6.42 Å². The Balaban J connectivity index is 1.80. The lowest BCUT2D eigenvalue weighted by molar-refractivity contribution is -0.142. The van der Waals surface area contributed by atoms with E-state index in [0.29, 0.717) is 23.6 Å². The minimum atomic E-state index is -0.855. The van der Waals surface area contributed by atoms with E-state index in [-0.39, 0.29) is 18.6 Å². The minimum Gasteiger partial charge on any atom is -0.484 e. The molecule has 0 saturated heterocycles. The van der Waals surface area contributed by atoms with Crippen molar-refractivity contribution in [3.63, 3.8) is 0 Å². The topological polar surface area (TPSA) is 75.6 Å². The molecule has 0 spiro atoms. The summed E-state index contributed by atoms with van der Waals surface area (Å²) >= 11 is 5.74. The van der Waals surface area contributed by atoms with Crippen LogP contribution in [-0.2, 0) is 9.59 Å². The zero-order chi connectivity index (χ0) is 14.5. The first-order valence-corrected chi connectivity index (χ1v) is 6.84. The third-order valence-electron chi connectivity index (χ3n) is 3.36. The molecule has 2 rings (SSSR count). The van der Waals surface area contributed by atoms with Gasteiger partial charge in [-0.25, -0.2) is 0 Å². The number of nitrogens with one attached hydrogen (secondary N) is 1. The molecule has 0 radical (unpaired) electrons. The fraction of sp³-hybridized carbons (Fsp3) is 0.429. The summed E-state index contributed by atoms with van der Waals surface area (Å²) in [5, 5.41) is 12.4. The number of aliphatic carboxylic acids is 1. The van der Waals surface area contributed by atoms with Gasteiger partial charge >= 0.3 is 5.97 Å². The SMILES string of the molecule is O=C(COc1ccc(Cl)cc1)NC1CCCC1C(=O)O. The second-order valence-corrected chi connectivity index (χ2v) is 5.23. The molecule has 1 amide bonds. The van der Waals surface area contributed by atoms with Crippen molar-refractivity contribution in [2.24, 2.45) is 5.92 Å². The van der Waals surface area contributed by atoms with Gasteiger partial charge in [0, 0.05) is 11.1 Å². The summed E-state index contributed by atoms with van der Waals surface area (Å²) in [5.41, 5.74) is 0. The molecule has 0 aliphatic heterocycles. The standard InChI is InChI=1S/C14H16ClNO4/c15-9-4-6-10(7-5-9)20-8-13(17)16-12-3-1-2-11(12)14(18)19/h4-7,11-12H,1-3,8H2,(H,16,17)(H,18,19). The Hall–Kier alpha value is -1.75. The van der Waals surface area contributed by atoms with Gasteiger partial charge in [0.2, 0.25) is 0 Å². The summed E-state index contributed by atoms with van der Waals surface area (Å²) in [6, 6.07) is 6.39. The maximum absolute atomic E-state index is 11.8. The van der Waals surface area contributed by atoms with E-state index in [4.69, 9.17) is 21.4 Å². The van der Waals surface area contributed by atoms with Crippen LogP contribution in [0.25, 0.3) is 0 Å². The third kappa shape index (κ3) is 3.87. The van der Waals surface area contributed by atoms with Crippen molar-refractivity contribution in [2.45, 2.75) is 25.3 Å². The van der Waals surface area contributed by atoms with Gasteiger partial charge in [0.15, 0.2) is 6.61 Å². The molecule has 6 heteroatoms. The number of rotatable bonds is 5. The number of carboxylic acid groups (broad SMARTS) is 1. The summed E-state index contributed by atoms with van der Waals surface area (Å²) in [6.45, 7) is -0.134. The number of carboxylic acids is 1. The molecule has 20 heavy (non-hydrogen) atoms. The van der Waals surface area contributed by atoms with Crippen molar-refractivity contribution in [1.82, 2.24) is 5.32 Å². The van der Waals surface area contributed by atoms with Crippen molar-refractivity contribution in [3.05, 3.63) is 29.3 Å². The van der Waals surface area contributed by atoms with Crippen LogP contribution in [0.3, 0.4) is 0 Å². The van der Waals surface area contributed by atoms with E-state index < -0.39 is 11.9 Å². The molecule has 1 fully saturated rings. The predicted octanol–water partition coefficient (Wildman–Crippen LogP) is 2.09. The average Bonchev–Trinajstić information content (AvgIpc) is 2.86. The van der Waals surface area contributed by atoms with E-state index in [9.17, 15) is 9.59 Å². The Morgan fingerprint density at radius 3 is 2.65 bits per heavy atom. The lowest BCUT2D eigenvalue weighted by atomic mass is 10.0. The number of hydrogen-bond donors (Lipinski definition) is 2. The van der Waals surface area contributed by atoms with Gasteiger partial charge in [-0.05, 0) is 37.1 Å². The highest BCUT2D eigenvalue weighted by atomic mass is 35.5. The van der Waals surface area contributed by atoms with E-state index in [1.54, 1.807) is 24.3 Å². The molecule has 5 nitrogen and oxygen atoms in total. The first-order chi connectivity index (χ1) is 9.56. The molecular formula is C14H16ClNO4. The lowest BCUT2D eigenvalue weighted by Crippen LogP contribution is -2.42. The van der Waals surface area contributed by atoms with E-state index in [1.165, 1.54) is 0 Å². The molecule has 1 aliphatic rings. The maximum Gasteiger partial charge on any atom is 0.308 e. The highest BCUT2D eigenvalue weighted by molar-refractivity contribution is 6.30. The van der Waals surface area contributed by atoms with Crippen molar-refractivity contribution in [3.8, 4) is 5.75 Å². The Bertz CT molecular complexity index is 488. The molecule has 2 N–H and O–H groups in total. The second kappa shape index (κ2) is 6.61. The number of carbonyl (C=O) groups excluding carboxylic acids is 1.